The zero-order chi connectivity index (χ0) is 24.5. The Labute approximate surface area is 198 Å². The molecule has 0 heterocycles. The lowest BCUT2D eigenvalue weighted by atomic mass is 9.60. The van der Waals surface area contributed by atoms with Crippen LogP contribution in [-0.4, -0.2) is 5.97 Å². The Morgan fingerprint density at radius 3 is 2.09 bits per heavy atom. The van der Waals surface area contributed by atoms with E-state index in [0.29, 0.717) is 36.8 Å². The van der Waals surface area contributed by atoms with E-state index in [1.807, 2.05) is 0 Å². The summed E-state index contributed by atoms with van der Waals surface area (Å²) in [5.41, 5.74) is -1.71. The lowest BCUT2D eigenvalue weighted by molar-refractivity contribution is -0.141. The van der Waals surface area contributed by atoms with Crippen LogP contribution in [-0.2, 0) is 11.0 Å². The number of alkyl halides is 3. The third kappa shape index (κ3) is 5.59. The van der Waals surface area contributed by atoms with Gasteiger partial charge in [-0.2, -0.15) is 17.6 Å². The summed E-state index contributed by atoms with van der Waals surface area (Å²) in [5.74, 6) is -1.80. The maximum absolute atomic E-state index is 14.1. The van der Waals surface area contributed by atoms with Gasteiger partial charge < -0.3 is 4.74 Å². The number of carbonyl (C=O) groups is 1. The van der Waals surface area contributed by atoms with Crippen molar-refractivity contribution in [2.45, 2.75) is 90.1 Å². The van der Waals surface area contributed by atoms with Crippen LogP contribution in [0.3, 0.4) is 0 Å². The molecular formula is C27H35F5O2. The molecule has 4 atom stereocenters. The molecule has 1 aromatic rings. The van der Waals surface area contributed by atoms with Gasteiger partial charge in [0.05, 0.1) is 11.5 Å². The summed E-state index contributed by atoms with van der Waals surface area (Å²) in [6.45, 7) is 2.27. The molecule has 4 rings (SSSR count). The normalized spacial score (nSPS) is 32.2. The molecule has 7 heteroatoms. The molecule has 0 aliphatic heterocycles. The monoisotopic (exact) mass is 486 g/mol. The molecule has 0 saturated heterocycles. The van der Waals surface area contributed by atoms with Gasteiger partial charge in [0, 0.05) is 0 Å². The highest BCUT2D eigenvalue weighted by Crippen LogP contribution is 2.49. The third-order valence-electron chi connectivity index (χ3n) is 8.79. The number of fused-ring (bicyclic) bond motifs is 1. The lowest BCUT2D eigenvalue weighted by Gasteiger charge is -2.45. The summed E-state index contributed by atoms with van der Waals surface area (Å²) >= 11 is 0. The molecule has 3 aliphatic rings. The average molecular weight is 487 g/mol. The molecule has 0 bridgehead atoms. The number of ether oxygens (including phenoxy) is 1. The van der Waals surface area contributed by atoms with Crippen molar-refractivity contribution < 1.29 is 31.5 Å². The Morgan fingerprint density at radius 1 is 0.853 bits per heavy atom. The first-order chi connectivity index (χ1) is 16.2. The van der Waals surface area contributed by atoms with Crippen LogP contribution in [0.2, 0.25) is 0 Å². The molecule has 4 unspecified atom stereocenters. The maximum atomic E-state index is 14.1. The van der Waals surface area contributed by atoms with Crippen molar-refractivity contribution in [1.82, 2.24) is 0 Å². The third-order valence-corrected chi connectivity index (χ3v) is 8.79. The molecule has 0 amide bonds. The number of rotatable bonds is 5. The van der Waals surface area contributed by atoms with E-state index < -0.39 is 41.0 Å². The highest BCUT2D eigenvalue weighted by molar-refractivity contribution is 5.75. The zero-order valence-electron chi connectivity index (χ0n) is 19.8. The fourth-order valence-electron chi connectivity index (χ4n) is 6.97. The Balaban J connectivity index is 1.27. The lowest BCUT2D eigenvalue weighted by Crippen LogP contribution is -2.35. The van der Waals surface area contributed by atoms with Crippen molar-refractivity contribution in [2.75, 3.05) is 0 Å². The second kappa shape index (κ2) is 10.5. The number of benzene rings is 1. The molecule has 0 aromatic heterocycles. The minimum Gasteiger partial charge on any atom is -0.423 e. The molecule has 3 saturated carbocycles. The first-order valence-corrected chi connectivity index (χ1v) is 12.9. The molecule has 3 aliphatic carbocycles. The average Bonchev–Trinajstić information content (AvgIpc) is 2.81. The van der Waals surface area contributed by atoms with Gasteiger partial charge in [-0.25, -0.2) is 4.39 Å². The van der Waals surface area contributed by atoms with Crippen molar-refractivity contribution in [3.8, 4) is 5.75 Å². The van der Waals surface area contributed by atoms with Crippen LogP contribution in [0.4, 0.5) is 22.0 Å². The van der Waals surface area contributed by atoms with Gasteiger partial charge in [-0.15, -0.1) is 0 Å². The summed E-state index contributed by atoms with van der Waals surface area (Å²) in [5, 5.41) is 0. The number of carbonyl (C=O) groups excluding carboxylic acids is 1. The summed E-state index contributed by atoms with van der Waals surface area (Å²) in [6, 6.07) is 1.09. The number of hydrogen-bond donors (Lipinski definition) is 0. The smallest absolute Gasteiger partial charge is 0.419 e. The van der Waals surface area contributed by atoms with Gasteiger partial charge >= 0.3 is 12.1 Å². The zero-order valence-corrected chi connectivity index (χ0v) is 19.8. The van der Waals surface area contributed by atoms with Gasteiger partial charge in [0.15, 0.2) is 11.6 Å². The minimum absolute atomic E-state index is 0.407. The van der Waals surface area contributed by atoms with Crippen LogP contribution < -0.4 is 4.74 Å². The number of esters is 1. The van der Waals surface area contributed by atoms with E-state index in [1.54, 1.807) is 0 Å². The van der Waals surface area contributed by atoms with Crippen molar-refractivity contribution >= 4 is 5.97 Å². The molecule has 0 radical (unpaired) electrons. The first-order valence-electron chi connectivity index (χ1n) is 12.9. The van der Waals surface area contributed by atoms with Gasteiger partial charge in [0.1, 0.15) is 0 Å². The van der Waals surface area contributed by atoms with Gasteiger partial charge in [-0.1, -0.05) is 26.2 Å². The maximum Gasteiger partial charge on any atom is 0.419 e. The van der Waals surface area contributed by atoms with E-state index in [2.05, 4.69) is 6.92 Å². The standard InChI is InChI=1S/C27H35F5O2/c1-2-3-16-4-5-21-15-20(11-10-19(21)14-16)17-6-8-18(9-7-17)26(33)34-23-13-12-22(27(30,31)32)24(28)25(23)29/h12-13,16-21H,2-11,14-15H2,1H3. The van der Waals surface area contributed by atoms with Crippen LogP contribution in [0.25, 0.3) is 0 Å². The topological polar surface area (TPSA) is 26.3 Å². The second-order valence-corrected chi connectivity index (χ2v) is 10.8. The predicted octanol–water partition coefficient (Wildman–Crippen LogP) is 8.33. The molecule has 3 fully saturated rings. The Bertz CT molecular complexity index is 859. The Kier molecular flexibility index (Phi) is 7.88. The van der Waals surface area contributed by atoms with E-state index in [1.165, 1.54) is 51.4 Å². The quantitative estimate of drug-likeness (QED) is 0.238. The van der Waals surface area contributed by atoms with Crippen LogP contribution in [0.15, 0.2) is 12.1 Å². The van der Waals surface area contributed by atoms with Crippen molar-refractivity contribution in [2.24, 2.45) is 35.5 Å². The van der Waals surface area contributed by atoms with Crippen molar-refractivity contribution in [3.05, 3.63) is 29.3 Å². The minimum atomic E-state index is -5.01. The van der Waals surface area contributed by atoms with Crippen LogP contribution in [0.5, 0.6) is 5.75 Å². The van der Waals surface area contributed by atoms with Crippen LogP contribution in [0, 0.1) is 47.1 Å². The van der Waals surface area contributed by atoms with E-state index in [9.17, 15) is 26.7 Å². The molecule has 34 heavy (non-hydrogen) atoms. The SMILES string of the molecule is CCCC1CCC2CC(C3CCC(C(=O)Oc4ccc(C(F)(F)F)c(F)c4F)CC3)CCC2C1. The number of hydrogen-bond acceptors (Lipinski definition) is 2. The highest BCUT2D eigenvalue weighted by atomic mass is 19.4. The van der Waals surface area contributed by atoms with Crippen molar-refractivity contribution in [1.29, 1.82) is 0 Å². The van der Waals surface area contributed by atoms with Gasteiger partial charge in [0.25, 0.3) is 0 Å². The van der Waals surface area contributed by atoms with Crippen molar-refractivity contribution in [3.63, 3.8) is 0 Å². The molecule has 0 N–H and O–H groups in total. The van der Waals surface area contributed by atoms with Crippen LogP contribution in [0.1, 0.15) is 89.5 Å². The number of halogens is 5. The summed E-state index contributed by atoms with van der Waals surface area (Å²) in [4.78, 5) is 12.5. The van der Waals surface area contributed by atoms with Crippen LogP contribution >= 0.6 is 0 Å². The van der Waals surface area contributed by atoms with Gasteiger partial charge in [-0.05, 0) is 99.5 Å². The first kappa shape index (κ1) is 25.4. The summed E-state index contributed by atoms with van der Waals surface area (Å²) < 4.78 is 71.1. The summed E-state index contributed by atoms with van der Waals surface area (Å²) in [7, 11) is 0. The van der Waals surface area contributed by atoms with Gasteiger partial charge in [0.2, 0.25) is 5.82 Å². The Morgan fingerprint density at radius 2 is 1.44 bits per heavy atom. The largest absolute Gasteiger partial charge is 0.423 e. The molecule has 190 valence electrons. The van der Waals surface area contributed by atoms with E-state index in [4.69, 9.17) is 4.74 Å². The Hall–Kier alpha value is -1.66. The fraction of sp³-hybridized carbons (Fsp3) is 0.741. The van der Waals surface area contributed by atoms with E-state index >= 15 is 0 Å². The van der Waals surface area contributed by atoms with E-state index in [-0.39, 0.29) is 0 Å². The molecule has 0 spiro atoms. The fourth-order valence-corrected chi connectivity index (χ4v) is 6.97. The van der Waals surface area contributed by atoms with E-state index in [0.717, 1.165) is 30.6 Å². The molecule has 1 aromatic carbocycles. The molecule has 2 nitrogen and oxygen atoms in total. The van der Waals surface area contributed by atoms with Gasteiger partial charge in [-0.3, -0.25) is 4.79 Å². The predicted molar refractivity (Wildman–Crippen MR) is 119 cm³/mol. The summed E-state index contributed by atoms with van der Waals surface area (Å²) in [6.07, 6.45) is 8.65. The molecular weight excluding hydrogens is 451 g/mol. The second-order valence-electron chi connectivity index (χ2n) is 10.8. The highest BCUT2D eigenvalue weighted by Gasteiger charge is 2.40.